The van der Waals surface area contributed by atoms with Gasteiger partial charge in [-0.05, 0) is 12.8 Å². The maximum Gasteiger partial charge on any atom is 0.268 e. The summed E-state index contributed by atoms with van der Waals surface area (Å²) >= 11 is 0. The Morgan fingerprint density at radius 1 is 0.492 bits per heavy atom. The molecular weight excluding hydrogens is 804 g/mol. The number of phosphoric acid groups is 1. The molecule has 0 aromatic carbocycles. The molecule has 0 aliphatic carbocycles. The molecule has 2 N–H and O–H groups in total. The Hall–Kier alpha value is -0.500. The molecule has 0 bridgehead atoms. The summed E-state index contributed by atoms with van der Waals surface area (Å²) in [6.45, 7) is 4.77. The van der Waals surface area contributed by atoms with Gasteiger partial charge in [-0.15, -0.1) is 0 Å². The Morgan fingerprint density at radius 2 is 0.778 bits per heavy atom. The monoisotopic (exact) mass is 915 g/mol. The normalized spacial score (nSPS) is 14.0. The van der Waals surface area contributed by atoms with E-state index in [9.17, 15) is 19.4 Å². The van der Waals surface area contributed by atoms with E-state index in [0.717, 1.165) is 38.5 Å². The fourth-order valence-electron chi connectivity index (χ4n) is 8.69. The lowest BCUT2D eigenvalue weighted by atomic mass is 10.0. The van der Waals surface area contributed by atoms with E-state index in [1.54, 1.807) is 0 Å². The van der Waals surface area contributed by atoms with Gasteiger partial charge in [0, 0.05) is 6.42 Å². The number of aliphatic hydroxyl groups excluding tert-OH is 1. The summed E-state index contributed by atoms with van der Waals surface area (Å²) in [5, 5.41) is 14.0. The minimum atomic E-state index is -4.56. The average molecular weight is 915 g/mol. The predicted molar refractivity (Wildman–Crippen MR) is 270 cm³/mol. The summed E-state index contributed by atoms with van der Waals surface area (Å²) in [5.41, 5.74) is 0. The van der Waals surface area contributed by atoms with Crippen molar-refractivity contribution in [2.75, 3.05) is 40.9 Å². The Kier molecular flexibility index (Phi) is 46.2. The van der Waals surface area contributed by atoms with Gasteiger partial charge in [0.25, 0.3) is 7.82 Å². The van der Waals surface area contributed by atoms with Crippen molar-refractivity contribution in [1.29, 1.82) is 0 Å². The zero-order chi connectivity index (χ0) is 46.4. The van der Waals surface area contributed by atoms with Crippen molar-refractivity contribution in [3.8, 4) is 0 Å². The maximum absolute atomic E-state index is 12.9. The number of carbonyl (C=O) groups is 1. The average Bonchev–Trinajstić information content (AvgIpc) is 3.24. The number of likely N-dealkylation sites (N-methyl/N-ethyl adjacent to an activating group) is 1. The van der Waals surface area contributed by atoms with Crippen molar-refractivity contribution in [1.82, 2.24) is 5.32 Å². The second-order valence-corrected chi connectivity index (χ2v) is 22.1. The lowest BCUT2D eigenvalue weighted by Crippen LogP contribution is -2.46. The van der Waals surface area contributed by atoms with Gasteiger partial charge >= 0.3 is 0 Å². The standard InChI is InChI=1S/C54H111N2O6P/c1-6-8-10-12-14-16-18-20-22-23-24-25-26-27-28-29-30-31-32-33-34-35-37-39-41-43-45-47-53(57)52(51-62-63(59,60)61-50-49-56(3,4)5)55-54(58)48-46-44-42-40-38-36-21-19-17-15-13-11-9-7-2/h52-53,57H,6-51H2,1-5H3,(H-,55,58,59,60). The van der Waals surface area contributed by atoms with Gasteiger partial charge in [0.05, 0.1) is 39.9 Å². The van der Waals surface area contributed by atoms with Crippen LogP contribution in [0.25, 0.3) is 0 Å². The zero-order valence-corrected chi connectivity index (χ0v) is 44.0. The molecule has 0 spiro atoms. The van der Waals surface area contributed by atoms with E-state index >= 15 is 0 Å². The van der Waals surface area contributed by atoms with E-state index in [4.69, 9.17) is 9.05 Å². The number of rotatable bonds is 52. The molecule has 0 heterocycles. The molecule has 0 saturated heterocycles. The van der Waals surface area contributed by atoms with Crippen LogP contribution >= 0.6 is 7.82 Å². The number of hydrogen-bond donors (Lipinski definition) is 2. The molecule has 8 nitrogen and oxygen atoms in total. The molecule has 9 heteroatoms. The summed E-state index contributed by atoms with van der Waals surface area (Å²) in [5.74, 6) is -0.159. The van der Waals surface area contributed by atoms with Gasteiger partial charge in [0.2, 0.25) is 5.91 Å². The van der Waals surface area contributed by atoms with Crippen molar-refractivity contribution in [2.45, 2.75) is 302 Å². The third kappa shape index (κ3) is 49.2. The van der Waals surface area contributed by atoms with Gasteiger partial charge < -0.3 is 28.8 Å². The lowest BCUT2D eigenvalue weighted by Gasteiger charge is -2.30. The Bertz CT molecular complexity index is 994. The molecule has 3 atom stereocenters. The van der Waals surface area contributed by atoms with Crippen LogP contribution in [0.15, 0.2) is 0 Å². The Balaban J connectivity index is 4.07. The van der Waals surface area contributed by atoms with Gasteiger partial charge in [-0.25, -0.2) is 0 Å². The van der Waals surface area contributed by atoms with Crippen LogP contribution in [0.3, 0.4) is 0 Å². The largest absolute Gasteiger partial charge is 0.756 e. The molecule has 378 valence electrons. The van der Waals surface area contributed by atoms with Crippen LogP contribution in [0.2, 0.25) is 0 Å². The molecule has 3 unspecified atom stereocenters. The highest BCUT2D eigenvalue weighted by atomic mass is 31.2. The van der Waals surface area contributed by atoms with Gasteiger partial charge in [0.1, 0.15) is 13.2 Å². The highest BCUT2D eigenvalue weighted by molar-refractivity contribution is 7.45. The van der Waals surface area contributed by atoms with Gasteiger partial charge in [-0.3, -0.25) is 9.36 Å². The molecule has 0 radical (unpaired) electrons. The molecule has 0 aromatic rings. The molecule has 0 saturated carbocycles. The van der Waals surface area contributed by atoms with Crippen LogP contribution in [-0.4, -0.2) is 68.5 Å². The van der Waals surface area contributed by atoms with Gasteiger partial charge in [0.15, 0.2) is 0 Å². The number of aliphatic hydroxyl groups is 1. The summed E-state index contributed by atoms with van der Waals surface area (Å²) < 4.78 is 23.4. The first-order valence-corrected chi connectivity index (χ1v) is 29.3. The van der Waals surface area contributed by atoms with E-state index in [1.165, 1.54) is 225 Å². The second kappa shape index (κ2) is 46.6. The number of nitrogens with zero attached hydrogens (tertiary/aromatic N) is 1. The van der Waals surface area contributed by atoms with Crippen LogP contribution in [0.1, 0.15) is 290 Å². The number of amides is 1. The van der Waals surface area contributed by atoms with Crippen molar-refractivity contribution in [2.24, 2.45) is 0 Å². The molecule has 63 heavy (non-hydrogen) atoms. The maximum atomic E-state index is 12.9. The van der Waals surface area contributed by atoms with Gasteiger partial charge in [-0.2, -0.15) is 0 Å². The van der Waals surface area contributed by atoms with Crippen LogP contribution in [0.5, 0.6) is 0 Å². The SMILES string of the molecule is CCCCCCCCCCCCCCCCCCCCCCCCCCCCCC(O)C(COP(=O)([O-])OCC[N+](C)(C)C)NC(=O)CCCCCCCCCCCCCCCC. The number of unbranched alkanes of at least 4 members (excludes halogenated alkanes) is 39. The number of nitrogens with one attached hydrogen (secondary N) is 1. The molecule has 0 aliphatic heterocycles. The molecule has 0 aliphatic rings. The van der Waals surface area contributed by atoms with Crippen LogP contribution in [0, 0.1) is 0 Å². The second-order valence-electron chi connectivity index (χ2n) is 20.7. The predicted octanol–water partition coefficient (Wildman–Crippen LogP) is 15.9. The summed E-state index contributed by atoms with van der Waals surface area (Å²) in [6.07, 6.45) is 54.2. The van der Waals surface area contributed by atoms with Crippen LogP contribution < -0.4 is 10.2 Å². The third-order valence-electron chi connectivity index (χ3n) is 13.1. The van der Waals surface area contributed by atoms with E-state index in [1.807, 2.05) is 21.1 Å². The fourth-order valence-corrected chi connectivity index (χ4v) is 9.41. The minimum absolute atomic E-state index is 0.0165. The van der Waals surface area contributed by atoms with Gasteiger partial charge in [-0.1, -0.05) is 271 Å². The first kappa shape index (κ1) is 62.5. The number of quaternary nitrogens is 1. The molecular formula is C54H111N2O6P. The smallest absolute Gasteiger partial charge is 0.268 e. The Labute approximate surface area is 393 Å². The summed E-state index contributed by atoms with van der Waals surface area (Å²) in [7, 11) is 1.32. The molecule has 1 amide bonds. The fraction of sp³-hybridized carbons (Fsp3) is 0.981. The molecule has 0 rings (SSSR count). The quantitative estimate of drug-likeness (QED) is 0.0357. The number of carbonyl (C=O) groups excluding carboxylic acids is 1. The number of phosphoric ester groups is 1. The number of hydrogen-bond acceptors (Lipinski definition) is 6. The molecule has 0 fully saturated rings. The van der Waals surface area contributed by atoms with Crippen molar-refractivity contribution < 1.29 is 32.9 Å². The third-order valence-corrected chi connectivity index (χ3v) is 14.1. The Morgan fingerprint density at radius 3 is 1.08 bits per heavy atom. The summed E-state index contributed by atoms with van der Waals surface area (Å²) in [6, 6.07) is -0.794. The summed E-state index contributed by atoms with van der Waals surface area (Å²) in [4.78, 5) is 25.4. The van der Waals surface area contributed by atoms with Crippen molar-refractivity contribution in [3.63, 3.8) is 0 Å². The molecule has 0 aromatic heterocycles. The first-order valence-electron chi connectivity index (χ1n) is 27.9. The zero-order valence-electron chi connectivity index (χ0n) is 43.1. The minimum Gasteiger partial charge on any atom is -0.756 e. The van der Waals surface area contributed by atoms with E-state index in [2.05, 4.69) is 19.2 Å². The van der Waals surface area contributed by atoms with Crippen LogP contribution in [-0.2, 0) is 18.4 Å². The van der Waals surface area contributed by atoms with Crippen molar-refractivity contribution in [3.05, 3.63) is 0 Å². The topological polar surface area (TPSA) is 108 Å². The lowest BCUT2D eigenvalue weighted by molar-refractivity contribution is -0.870. The first-order chi connectivity index (χ1) is 30.5. The van der Waals surface area contributed by atoms with E-state index < -0.39 is 20.0 Å². The highest BCUT2D eigenvalue weighted by Crippen LogP contribution is 2.38. The van der Waals surface area contributed by atoms with E-state index in [0.29, 0.717) is 23.9 Å². The van der Waals surface area contributed by atoms with E-state index in [-0.39, 0.29) is 19.1 Å². The van der Waals surface area contributed by atoms with Crippen molar-refractivity contribution >= 4 is 13.7 Å². The highest BCUT2D eigenvalue weighted by Gasteiger charge is 2.24. The van der Waals surface area contributed by atoms with Crippen LogP contribution in [0.4, 0.5) is 0 Å².